The lowest BCUT2D eigenvalue weighted by Gasteiger charge is -2.34. The minimum absolute atomic E-state index is 0.0604. The van der Waals surface area contributed by atoms with E-state index < -0.39 is 24.0 Å². The van der Waals surface area contributed by atoms with E-state index in [9.17, 15) is 19.5 Å². The van der Waals surface area contributed by atoms with Crippen LogP contribution in [0.2, 0.25) is 0 Å². The van der Waals surface area contributed by atoms with Gasteiger partial charge in [-0.25, -0.2) is 4.79 Å². The molecule has 0 spiro atoms. The molecule has 1 aliphatic heterocycles. The van der Waals surface area contributed by atoms with Gasteiger partial charge in [-0.3, -0.25) is 9.59 Å². The summed E-state index contributed by atoms with van der Waals surface area (Å²) in [5.41, 5.74) is 4.54. The van der Waals surface area contributed by atoms with Crippen molar-refractivity contribution >= 4 is 18.0 Å². The molecule has 2 aliphatic rings. The number of carboxylic acids is 1. The summed E-state index contributed by atoms with van der Waals surface area (Å²) < 4.78 is 5.60. The number of aliphatic carboxylic acids is 1. The summed E-state index contributed by atoms with van der Waals surface area (Å²) in [6.07, 6.45) is 0.555. The van der Waals surface area contributed by atoms with Gasteiger partial charge in [-0.1, -0.05) is 62.4 Å². The normalized spacial score (nSPS) is 18.4. The molecule has 1 saturated heterocycles. The fourth-order valence-corrected chi connectivity index (χ4v) is 4.86. The third-order valence-corrected chi connectivity index (χ3v) is 6.63. The Balaban J connectivity index is 1.41. The van der Waals surface area contributed by atoms with Crippen molar-refractivity contribution in [2.45, 2.75) is 38.6 Å². The minimum atomic E-state index is -0.891. The number of nitrogens with zero attached hydrogens (tertiary/aromatic N) is 1. The topological polar surface area (TPSA) is 95.9 Å². The van der Waals surface area contributed by atoms with E-state index in [2.05, 4.69) is 29.6 Å². The minimum Gasteiger partial charge on any atom is -0.481 e. The molecule has 0 bridgehead atoms. The van der Waals surface area contributed by atoms with Crippen molar-refractivity contribution in [2.24, 2.45) is 11.8 Å². The van der Waals surface area contributed by atoms with E-state index in [0.29, 0.717) is 19.4 Å². The second-order valence-corrected chi connectivity index (χ2v) is 9.15. The molecular weight excluding hydrogens is 420 g/mol. The highest BCUT2D eigenvalue weighted by Gasteiger charge is 2.35. The highest BCUT2D eigenvalue weighted by molar-refractivity contribution is 5.86. The number of rotatable bonds is 6. The molecule has 0 radical (unpaired) electrons. The molecule has 0 saturated carbocycles. The second-order valence-electron chi connectivity index (χ2n) is 9.15. The Hall–Kier alpha value is -3.35. The van der Waals surface area contributed by atoms with Crippen LogP contribution in [0.1, 0.15) is 43.7 Å². The summed E-state index contributed by atoms with van der Waals surface area (Å²) in [7, 11) is 0. The van der Waals surface area contributed by atoms with Gasteiger partial charge in [-0.2, -0.15) is 0 Å². The van der Waals surface area contributed by atoms with E-state index in [-0.39, 0.29) is 30.9 Å². The first-order chi connectivity index (χ1) is 15.9. The van der Waals surface area contributed by atoms with Crippen LogP contribution in [-0.2, 0) is 14.3 Å². The molecule has 7 nitrogen and oxygen atoms in total. The first kappa shape index (κ1) is 22.8. The highest BCUT2D eigenvalue weighted by atomic mass is 16.5. The van der Waals surface area contributed by atoms with Gasteiger partial charge in [0.2, 0.25) is 5.91 Å². The Morgan fingerprint density at radius 3 is 2.24 bits per heavy atom. The first-order valence-corrected chi connectivity index (χ1v) is 11.5. The maximum atomic E-state index is 13.1. The van der Waals surface area contributed by atoms with Crippen molar-refractivity contribution < 1.29 is 24.2 Å². The number of ether oxygens (including phenoxy) is 1. The van der Waals surface area contributed by atoms with Crippen molar-refractivity contribution in [3.05, 3.63) is 59.7 Å². The Morgan fingerprint density at radius 1 is 1.06 bits per heavy atom. The maximum absolute atomic E-state index is 13.1. The van der Waals surface area contributed by atoms with Crippen LogP contribution >= 0.6 is 0 Å². The molecular formula is C26H30N2O5. The number of piperidine rings is 1. The summed E-state index contributed by atoms with van der Waals surface area (Å²) in [6, 6.07) is 15.4. The Kier molecular flexibility index (Phi) is 6.67. The van der Waals surface area contributed by atoms with Gasteiger partial charge in [0.1, 0.15) is 12.6 Å². The van der Waals surface area contributed by atoms with E-state index in [4.69, 9.17) is 4.74 Å². The van der Waals surface area contributed by atoms with Crippen molar-refractivity contribution in [1.82, 2.24) is 10.2 Å². The summed E-state index contributed by atoms with van der Waals surface area (Å²) in [5.74, 6) is -1.94. The summed E-state index contributed by atoms with van der Waals surface area (Å²) in [4.78, 5) is 38.7. The van der Waals surface area contributed by atoms with Gasteiger partial charge in [0, 0.05) is 19.0 Å². The maximum Gasteiger partial charge on any atom is 0.407 e. The zero-order chi connectivity index (χ0) is 23.5. The van der Waals surface area contributed by atoms with Crippen LogP contribution in [0.15, 0.2) is 48.5 Å². The van der Waals surface area contributed by atoms with E-state index in [1.165, 1.54) is 0 Å². The largest absolute Gasteiger partial charge is 0.481 e. The number of carboxylic acid groups (broad SMARTS) is 1. The number of hydrogen-bond acceptors (Lipinski definition) is 4. The van der Waals surface area contributed by atoms with E-state index in [0.717, 1.165) is 22.3 Å². The van der Waals surface area contributed by atoms with Crippen LogP contribution in [0, 0.1) is 11.8 Å². The zero-order valence-corrected chi connectivity index (χ0v) is 19.0. The quantitative estimate of drug-likeness (QED) is 0.697. The molecule has 2 aromatic carbocycles. The average Bonchev–Trinajstić information content (AvgIpc) is 3.14. The molecule has 1 fully saturated rings. The van der Waals surface area contributed by atoms with E-state index in [1.807, 2.05) is 38.1 Å². The third-order valence-electron chi connectivity index (χ3n) is 6.63. The Bertz CT molecular complexity index is 1000. The molecule has 2 amide bonds. The zero-order valence-electron chi connectivity index (χ0n) is 19.0. The van der Waals surface area contributed by atoms with E-state index >= 15 is 0 Å². The monoisotopic (exact) mass is 450 g/mol. The SMILES string of the molecule is CC(C)[C@H](NC(=O)OCC1c2ccccc2-c2ccccc21)C(=O)N1CCCC(C(=O)O)C1. The number of hydrogen-bond donors (Lipinski definition) is 2. The van der Waals surface area contributed by atoms with Crippen LogP contribution < -0.4 is 5.32 Å². The van der Waals surface area contributed by atoms with Crippen LogP contribution in [0.4, 0.5) is 4.79 Å². The van der Waals surface area contributed by atoms with E-state index in [1.54, 1.807) is 4.90 Å². The van der Waals surface area contributed by atoms with Gasteiger partial charge in [0.25, 0.3) is 0 Å². The first-order valence-electron chi connectivity index (χ1n) is 11.5. The lowest BCUT2D eigenvalue weighted by atomic mass is 9.96. The smallest absolute Gasteiger partial charge is 0.407 e. The third kappa shape index (κ3) is 4.72. The van der Waals surface area contributed by atoms with Crippen LogP contribution in [-0.4, -0.2) is 53.7 Å². The molecule has 1 aliphatic carbocycles. The van der Waals surface area contributed by atoms with Crippen LogP contribution in [0.3, 0.4) is 0 Å². The highest BCUT2D eigenvalue weighted by Crippen LogP contribution is 2.44. The number of benzene rings is 2. The molecule has 2 N–H and O–H groups in total. The van der Waals surface area contributed by atoms with Crippen molar-refractivity contribution in [1.29, 1.82) is 0 Å². The van der Waals surface area contributed by atoms with Gasteiger partial charge < -0.3 is 20.1 Å². The van der Waals surface area contributed by atoms with Gasteiger partial charge in [0.05, 0.1) is 5.92 Å². The predicted octanol–water partition coefficient (Wildman–Crippen LogP) is 3.87. The second kappa shape index (κ2) is 9.65. The molecule has 4 rings (SSSR count). The summed E-state index contributed by atoms with van der Waals surface area (Å²) >= 11 is 0. The predicted molar refractivity (Wildman–Crippen MR) is 124 cm³/mol. The molecule has 1 unspecified atom stereocenters. The van der Waals surface area contributed by atoms with Crippen molar-refractivity contribution in [2.75, 3.05) is 19.7 Å². The van der Waals surface area contributed by atoms with Gasteiger partial charge in [-0.15, -0.1) is 0 Å². The van der Waals surface area contributed by atoms with Gasteiger partial charge in [0.15, 0.2) is 0 Å². The lowest BCUT2D eigenvalue weighted by Crippen LogP contribution is -2.54. The average molecular weight is 451 g/mol. The van der Waals surface area contributed by atoms with Crippen LogP contribution in [0.25, 0.3) is 11.1 Å². The summed E-state index contributed by atoms with van der Waals surface area (Å²) in [6.45, 7) is 4.54. The standard InChI is InChI=1S/C26H30N2O5/c1-16(2)23(24(29)28-13-7-8-17(14-28)25(30)31)27-26(32)33-15-22-20-11-5-3-9-18(20)19-10-4-6-12-21(19)22/h3-6,9-12,16-17,22-23H,7-8,13-15H2,1-2H3,(H,27,32)(H,30,31)/t17?,23-/m0/s1. The Morgan fingerprint density at radius 2 is 1.67 bits per heavy atom. The number of fused-ring (bicyclic) bond motifs is 3. The number of carbonyl (C=O) groups excluding carboxylic acids is 2. The molecule has 33 heavy (non-hydrogen) atoms. The number of nitrogens with one attached hydrogen (secondary N) is 1. The number of carbonyl (C=O) groups is 3. The number of alkyl carbamates (subject to hydrolysis) is 1. The Labute approximate surface area is 193 Å². The van der Waals surface area contributed by atoms with Crippen molar-refractivity contribution in [3.63, 3.8) is 0 Å². The van der Waals surface area contributed by atoms with Gasteiger partial charge >= 0.3 is 12.1 Å². The molecule has 2 atom stereocenters. The lowest BCUT2D eigenvalue weighted by molar-refractivity contribution is -0.146. The number of likely N-dealkylation sites (tertiary alicyclic amines) is 1. The molecule has 174 valence electrons. The van der Waals surface area contributed by atoms with Crippen molar-refractivity contribution in [3.8, 4) is 11.1 Å². The fourth-order valence-electron chi connectivity index (χ4n) is 4.86. The molecule has 1 heterocycles. The number of amides is 2. The molecule has 2 aromatic rings. The molecule has 0 aromatic heterocycles. The fraction of sp³-hybridized carbons (Fsp3) is 0.423. The molecule has 7 heteroatoms. The van der Waals surface area contributed by atoms with Gasteiger partial charge in [-0.05, 0) is 41.0 Å². The summed E-state index contributed by atoms with van der Waals surface area (Å²) in [5, 5.41) is 12.0. The van der Waals surface area contributed by atoms with Crippen LogP contribution in [0.5, 0.6) is 0 Å².